The molecule has 1 fully saturated rings. The Morgan fingerprint density at radius 3 is 2.74 bits per heavy atom. The van der Waals surface area contributed by atoms with Crippen LogP contribution in [0.15, 0.2) is 61.2 Å². The van der Waals surface area contributed by atoms with Crippen molar-refractivity contribution < 1.29 is 0 Å². The third-order valence-electron chi connectivity index (χ3n) is 6.29. The van der Waals surface area contributed by atoms with E-state index >= 15 is 0 Å². The molecule has 1 N–H and O–H groups in total. The summed E-state index contributed by atoms with van der Waals surface area (Å²) in [7, 11) is 2.13. The predicted molar refractivity (Wildman–Crippen MR) is 124 cm³/mol. The van der Waals surface area contributed by atoms with Crippen molar-refractivity contribution in [2.24, 2.45) is 7.05 Å². The van der Waals surface area contributed by atoms with Gasteiger partial charge in [-0.15, -0.1) is 0 Å². The first-order chi connectivity index (χ1) is 15.2. The van der Waals surface area contributed by atoms with Crippen molar-refractivity contribution in [2.45, 2.75) is 32.2 Å². The monoisotopic (exact) mass is 412 g/mol. The number of pyridine rings is 1. The van der Waals surface area contributed by atoms with Crippen molar-refractivity contribution in [1.82, 2.24) is 24.4 Å². The lowest BCUT2D eigenvalue weighted by Crippen LogP contribution is -2.32. The Balaban J connectivity index is 1.24. The van der Waals surface area contributed by atoms with Gasteiger partial charge in [-0.1, -0.05) is 24.3 Å². The van der Waals surface area contributed by atoms with E-state index in [4.69, 9.17) is 4.98 Å². The lowest BCUT2D eigenvalue weighted by Gasteiger charge is -2.31. The van der Waals surface area contributed by atoms with Gasteiger partial charge in [0.1, 0.15) is 11.6 Å². The number of nitrogens with one attached hydrogen (secondary N) is 1. The number of anilines is 2. The molecular weight excluding hydrogens is 384 g/mol. The average Bonchev–Trinajstić information content (AvgIpc) is 3.12. The fourth-order valence-electron chi connectivity index (χ4n) is 4.56. The first kappa shape index (κ1) is 19.7. The standard InChI is InChI=1S/C25H28N6/c1-18-6-5-11-27-25(18)29-24-15-26-14-22(28-24)19-9-12-31(13-10-19)17-20-16-30(2)23-8-4-3-7-21(20)23/h3-8,11,14-16,19H,9-10,12-13,17H2,1-2H3,(H,27,28,29). The number of benzene rings is 1. The maximum Gasteiger partial charge on any atom is 0.150 e. The molecule has 1 aromatic carbocycles. The molecule has 0 amide bonds. The van der Waals surface area contributed by atoms with Gasteiger partial charge in [-0.05, 0) is 56.1 Å². The van der Waals surface area contributed by atoms with Crippen LogP contribution >= 0.6 is 0 Å². The molecule has 6 nitrogen and oxygen atoms in total. The molecule has 4 heterocycles. The number of aromatic nitrogens is 4. The molecule has 31 heavy (non-hydrogen) atoms. The minimum absolute atomic E-state index is 0.447. The molecule has 1 saturated heterocycles. The molecule has 0 bridgehead atoms. The van der Waals surface area contributed by atoms with Crippen molar-refractivity contribution in [3.8, 4) is 0 Å². The van der Waals surface area contributed by atoms with Crippen LogP contribution in [0.25, 0.3) is 10.9 Å². The van der Waals surface area contributed by atoms with Gasteiger partial charge >= 0.3 is 0 Å². The lowest BCUT2D eigenvalue weighted by molar-refractivity contribution is 0.204. The highest BCUT2D eigenvalue weighted by Crippen LogP contribution is 2.29. The summed E-state index contributed by atoms with van der Waals surface area (Å²) in [6.45, 7) is 5.19. The number of piperidine rings is 1. The molecule has 0 atom stereocenters. The summed E-state index contributed by atoms with van der Waals surface area (Å²) in [5, 5.41) is 4.68. The minimum atomic E-state index is 0.447. The number of likely N-dealkylation sites (tertiary alicyclic amines) is 1. The van der Waals surface area contributed by atoms with Gasteiger partial charge in [0, 0.05) is 49.0 Å². The zero-order valence-electron chi connectivity index (χ0n) is 18.1. The van der Waals surface area contributed by atoms with Crippen molar-refractivity contribution in [3.63, 3.8) is 0 Å². The summed E-state index contributed by atoms with van der Waals surface area (Å²) in [4.78, 5) is 16.3. The van der Waals surface area contributed by atoms with E-state index in [0.717, 1.165) is 55.4 Å². The van der Waals surface area contributed by atoms with Crippen LogP contribution in [0.5, 0.6) is 0 Å². The third-order valence-corrected chi connectivity index (χ3v) is 6.29. The molecule has 0 spiro atoms. The molecule has 6 heteroatoms. The number of fused-ring (bicyclic) bond motifs is 1. The van der Waals surface area contributed by atoms with E-state index in [2.05, 4.69) is 62.3 Å². The van der Waals surface area contributed by atoms with Gasteiger partial charge in [-0.3, -0.25) is 9.88 Å². The topological polar surface area (TPSA) is 58.9 Å². The maximum absolute atomic E-state index is 4.85. The number of hydrogen-bond donors (Lipinski definition) is 1. The van der Waals surface area contributed by atoms with Crippen LogP contribution in [0.1, 0.15) is 35.6 Å². The number of nitrogens with zero attached hydrogens (tertiary/aromatic N) is 5. The summed E-state index contributed by atoms with van der Waals surface area (Å²) in [6.07, 6.45) is 9.96. The van der Waals surface area contributed by atoms with Gasteiger partial charge in [-0.25, -0.2) is 9.97 Å². The second-order valence-corrected chi connectivity index (χ2v) is 8.46. The number of hydrogen-bond acceptors (Lipinski definition) is 5. The van der Waals surface area contributed by atoms with Crippen LogP contribution in [0.2, 0.25) is 0 Å². The maximum atomic E-state index is 4.85. The Morgan fingerprint density at radius 2 is 1.90 bits per heavy atom. The Bertz CT molecular complexity index is 1190. The molecule has 158 valence electrons. The van der Waals surface area contributed by atoms with Crippen LogP contribution in [0.3, 0.4) is 0 Å². The van der Waals surface area contributed by atoms with E-state index in [-0.39, 0.29) is 0 Å². The molecule has 4 aromatic rings. The van der Waals surface area contributed by atoms with Crippen molar-refractivity contribution in [2.75, 3.05) is 18.4 Å². The van der Waals surface area contributed by atoms with Crippen molar-refractivity contribution in [3.05, 3.63) is 78.0 Å². The number of rotatable bonds is 5. The van der Waals surface area contributed by atoms with E-state index in [1.54, 1.807) is 12.4 Å². The molecule has 0 radical (unpaired) electrons. The zero-order chi connectivity index (χ0) is 21.2. The largest absolute Gasteiger partial charge is 0.350 e. The highest BCUT2D eigenvalue weighted by Gasteiger charge is 2.23. The van der Waals surface area contributed by atoms with Gasteiger partial charge in [-0.2, -0.15) is 0 Å². The summed E-state index contributed by atoms with van der Waals surface area (Å²) in [5.41, 5.74) is 4.88. The molecule has 3 aromatic heterocycles. The van der Waals surface area contributed by atoms with Crippen LogP contribution in [-0.2, 0) is 13.6 Å². The van der Waals surface area contributed by atoms with Crippen molar-refractivity contribution in [1.29, 1.82) is 0 Å². The summed E-state index contributed by atoms with van der Waals surface area (Å²) in [5.74, 6) is 2.04. The molecular formula is C25H28N6. The molecule has 0 saturated carbocycles. The summed E-state index contributed by atoms with van der Waals surface area (Å²) >= 11 is 0. The second kappa shape index (κ2) is 8.47. The van der Waals surface area contributed by atoms with Gasteiger partial charge in [0.15, 0.2) is 0 Å². The quantitative estimate of drug-likeness (QED) is 0.510. The first-order valence-electron chi connectivity index (χ1n) is 10.9. The second-order valence-electron chi connectivity index (χ2n) is 8.46. The molecule has 5 rings (SSSR count). The average molecular weight is 413 g/mol. The van der Waals surface area contributed by atoms with Crippen LogP contribution < -0.4 is 5.32 Å². The highest BCUT2D eigenvalue weighted by molar-refractivity contribution is 5.83. The summed E-state index contributed by atoms with van der Waals surface area (Å²) in [6, 6.07) is 12.6. The van der Waals surface area contributed by atoms with Gasteiger partial charge in [0.25, 0.3) is 0 Å². The van der Waals surface area contributed by atoms with Gasteiger partial charge < -0.3 is 9.88 Å². The van der Waals surface area contributed by atoms with E-state index in [1.165, 1.54) is 16.5 Å². The molecule has 0 aliphatic carbocycles. The minimum Gasteiger partial charge on any atom is -0.350 e. The zero-order valence-corrected chi connectivity index (χ0v) is 18.1. The molecule has 1 aliphatic heterocycles. The van der Waals surface area contributed by atoms with Crippen molar-refractivity contribution >= 4 is 22.5 Å². The predicted octanol–water partition coefficient (Wildman–Crippen LogP) is 4.79. The van der Waals surface area contributed by atoms with E-state index in [9.17, 15) is 0 Å². The lowest BCUT2D eigenvalue weighted by atomic mass is 9.93. The van der Waals surface area contributed by atoms with Crippen LogP contribution in [0.4, 0.5) is 11.6 Å². The third kappa shape index (κ3) is 4.16. The summed E-state index contributed by atoms with van der Waals surface area (Å²) < 4.78 is 2.23. The van der Waals surface area contributed by atoms with E-state index in [1.807, 2.05) is 25.3 Å². The number of aryl methyl sites for hydroxylation is 2. The fourth-order valence-corrected chi connectivity index (χ4v) is 4.56. The Morgan fingerprint density at radius 1 is 1.06 bits per heavy atom. The number of para-hydroxylation sites is 1. The van der Waals surface area contributed by atoms with E-state index in [0.29, 0.717) is 5.92 Å². The van der Waals surface area contributed by atoms with E-state index < -0.39 is 0 Å². The Kier molecular flexibility index (Phi) is 5.38. The van der Waals surface area contributed by atoms with Crippen LogP contribution in [0, 0.1) is 6.92 Å². The Labute approximate surface area is 183 Å². The molecule has 1 aliphatic rings. The SMILES string of the molecule is Cc1cccnc1Nc1cncc(C2CCN(Cc3cn(C)c4ccccc34)CC2)n1. The fraction of sp³-hybridized carbons (Fsp3) is 0.320. The van der Waals surface area contributed by atoms with Gasteiger partial charge in [0.2, 0.25) is 0 Å². The first-order valence-corrected chi connectivity index (χ1v) is 10.9. The molecule has 0 unspecified atom stereocenters. The normalized spacial score (nSPS) is 15.4. The smallest absolute Gasteiger partial charge is 0.150 e. The Hall–Kier alpha value is -3.25. The van der Waals surface area contributed by atoms with Gasteiger partial charge in [0.05, 0.1) is 11.9 Å². The van der Waals surface area contributed by atoms with Crippen LogP contribution in [-0.4, -0.2) is 37.5 Å². The highest BCUT2D eigenvalue weighted by atomic mass is 15.1.